The zero-order valence-corrected chi connectivity index (χ0v) is 14.9. The quantitative estimate of drug-likeness (QED) is 0.555. The highest BCUT2D eigenvalue weighted by atomic mass is 16.1. The van der Waals surface area contributed by atoms with Gasteiger partial charge in [0.25, 0.3) is 5.91 Å². The first-order chi connectivity index (χ1) is 12.8. The van der Waals surface area contributed by atoms with Gasteiger partial charge in [0.15, 0.2) is 0 Å². The maximum atomic E-state index is 11.9. The number of nitrogens with zero attached hydrogens (tertiary/aromatic N) is 1. The Hall–Kier alpha value is -2.88. The average Bonchev–Trinajstić information content (AvgIpc) is 2.70. The molecule has 26 heavy (non-hydrogen) atoms. The van der Waals surface area contributed by atoms with Crippen molar-refractivity contribution in [1.29, 1.82) is 0 Å². The zero-order chi connectivity index (χ0) is 18.0. The molecule has 4 nitrogen and oxygen atoms in total. The predicted octanol–water partition coefficient (Wildman–Crippen LogP) is 4.64. The minimum atomic E-state index is 0.0110. The van der Waals surface area contributed by atoms with E-state index in [1.165, 1.54) is 5.39 Å². The molecule has 0 aliphatic heterocycles. The van der Waals surface area contributed by atoms with Gasteiger partial charge in [-0.2, -0.15) is 0 Å². The summed E-state index contributed by atoms with van der Waals surface area (Å²) in [4.78, 5) is 16.3. The van der Waals surface area contributed by atoms with E-state index in [0.717, 1.165) is 55.5 Å². The summed E-state index contributed by atoms with van der Waals surface area (Å²) in [6, 6.07) is 19.6. The number of aromatic nitrogens is 1. The van der Waals surface area contributed by atoms with Gasteiger partial charge in [-0.1, -0.05) is 49.2 Å². The van der Waals surface area contributed by atoms with Crippen LogP contribution in [-0.2, 0) is 0 Å². The molecule has 0 bridgehead atoms. The van der Waals surface area contributed by atoms with Crippen LogP contribution in [0.15, 0.2) is 66.9 Å². The number of amides is 1. The molecule has 4 heteroatoms. The third kappa shape index (κ3) is 5.06. The summed E-state index contributed by atoms with van der Waals surface area (Å²) in [6.07, 6.45) is 6.24. The highest BCUT2D eigenvalue weighted by Crippen LogP contribution is 2.20. The SMILES string of the molecule is O=C(NCCCCCCNc1ccnc2ccccc12)c1ccccc1. The molecule has 0 saturated carbocycles. The maximum Gasteiger partial charge on any atom is 0.251 e. The summed E-state index contributed by atoms with van der Waals surface area (Å²) in [6.45, 7) is 1.68. The number of unbranched alkanes of at least 4 members (excludes halogenated alkanes) is 3. The van der Waals surface area contributed by atoms with E-state index in [-0.39, 0.29) is 5.91 Å². The standard InChI is InChI=1S/C22H25N3O/c26-22(18-10-4-3-5-11-18)25-16-9-2-1-8-15-23-21-14-17-24-20-13-7-6-12-19(20)21/h3-7,10-14,17H,1-2,8-9,15-16H2,(H,23,24)(H,25,26). The van der Waals surface area contributed by atoms with Crippen molar-refractivity contribution in [2.75, 3.05) is 18.4 Å². The average molecular weight is 347 g/mol. The lowest BCUT2D eigenvalue weighted by molar-refractivity contribution is 0.0953. The highest BCUT2D eigenvalue weighted by Gasteiger charge is 2.03. The number of fused-ring (bicyclic) bond motifs is 1. The van der Waals surface area contributed by atoms with Gasteiger partial charge >= 0.3 is 0 Å². The molecule has 0 aliphatic carbocycles. The second kappa shape index (κ2) is 9.56. The number of anilines is 1. The number of carbonyl (C=O) groups excluding carboxylic acids is 1. The number of rotatable bonds is 9. The molecule has 0 aliphatic rings. The Morgan fingerprint density at radius 2 is 1.54 bits per heavy atom. The molecule has 0 unspecified atom stereocenters. The van der Waals surface area contributed by atoms with Crippen molar-refractivity contribution < 1.29 is 4.79 Å². The molecule has 0 atom stereocenters. The number of nitrogens with one attached hydrogen (secondary N) is 2. The Labute approximate surface area is 154 Å². The van der Waals surface area contributed by atoms with E-state index in [1.807, 2.05) is 60.8 Å². The van der Waals surface area contributed by atoms with Gasteiger partial charge in [-0.05, 0) is 37.1 Å². The molecule has 2 aromatic carbocycles. The third-order valence-corrected chi connectivity index (χ3v) is 4.39. The second-order valence-corrected chi connectivity index (χ2v) is 6.34. The van der Waals surface area contributed by atoms with Crippen LogP contribution in [0.25, 0.3) is 10.9 Å². The van der Waals surface area contributed by atoms with E-state index in [1.54, 1.807) is 0 Å². The normalized spacial score (nSPS) is 10.6. The van der Waals surface area contributed by atoms with E-state index in [2.05, 4.69) is 21.7 Å². The number of carbonyl (C=O) groups is 1. The monoisotopic (exact) mass is 347 g/mol. The summed E-state index contributed by atoms with van der Waals surface area (Å²) < 4.78 is 0. The van der Waals surface area contributed by atoms with Crippen LogP contribution >= 0.6 is 0 Å². The molecule has 3 rings (SSSR count). The van der Waals surface area contributed by atoms with Crippen LogP contribution in [0.4, 0.5) is 5.69 Å². The second-order valence-electron chi connectivity index (χ2n) is 6.34. The van der Waals surface area contributed by atoms with Crippen molar-refractivity contribution in [2.45, 2.75) is 25.7 Å². The van der Waals surface area contributed by atoms with Crippen molar-refractivity contribution in [3.8, 4) is 0 Å². The summed E-state index contributed by atoms with van der Waals surface area (Å²) >= 11 is 0. The number of para-hydroxylation sites is 1. The first-order valence-electron chi connectivity index (χ1n) is 9.25. The molecular weight excluding hydrogens is 322 g/mol. The van der Waals surface area contributed by atoms with Crippen LogP contribution in [0.2, 0.25) is 0 Å². The van der Waals surface area contributed by atoms with Crippen molar-refractivity contribution in [2.24, 2.45) is 0 Å². The Balaban J connectivity index is 1.29. The maximum absolute atomic E-state index is 11.9. The molecule has 0 saturated heterocycles. The fourth-order valence-corrected chi connectivity index (χ4v) is 2.97. The fourth-order valence-electron chi connectivity index (χ4n) is 2.97. The largest absolute Gasteiger partial charge is 0.384 e. The number of benzene rings is 2. The van der Waals surface area contributed by atoms with Gasteiger partial charge in [-0.3, -0.25) is 9.78 Å². The van der Waals surface area contributed by atoms with E-state index in [0.29, 0.717) is 0 Å². The first-order valence-corrected chi connectivity index (χ1v) is 9.25. The van der Waals surface area contributed by atoms with Crippen molar-refractivity contribution in [3.05, 3.63) is 72.4 Å². The molecule has 1 amide bonds. The molecule has 1 aromatic heterocycles. The topological polar surface area (TPSA) is 54.0 Å². The summed E-state index contributed by atoms with van der Waals surface area (Å²) in [5.74, 6) is 0.0110. The number of hydrogen-bond acceptors (Lipinski definition) is 3. The Morgan fingerprint density at radius 3 is 2.38 bits per heavy atom. The zero-order valence-electron chi connectivity index (χ0n) is 14.9. The van der Waals surface area contributed by atoms with E-state index < -0.39 is 0 Å². The molecule has 0 spiro atoms. The molecule has 0 fully saturated rings. The Kier molecular flexibility index (Phi) is 6.59. The molecule has 2 N–H and O–H groups in total. The lowest BCUT2D eigenvalue weighted by Gasteiger charge is -2.09. The molecular formula is C22H25N3O. The van der Waals surface area contributed by atoms with Crippen LogP contribution in [0, 0.1) is 0 Å². The summed E-state index contributed by atoms with van der Waals surface area (Å²) in [5.41, 5.74) is 2.89. The lowest BCUT2D eigenvalue weighted by atomic mass is 10.1. The van der Waals surface area contributed by atoms with Crippen LogP contribution < -0.4 is 10.6 Å². The van der Waals surface area contributed by atoms with Gasteiger partial charge in [-0.25, -0.2) is 0 Å². The third-order valence-electron chi connectivity index (χ3n) is 4.39. The van der Waals surface area contributed by atoms with Gasteiger partial charge in [0.2, 0.25) is 0 Å². The molecule has 1 heterocycles. The smallest absolute Gasteiger partial charge is 0.251 e. The molecule has 134 valence electrons. The van der Waals surface area contributed by atoms with Crippen LogP contribution in [0.1, 0.15) is 36.0 Å². The van der Waals surface area contributed by atoms with Crippen molar-refractivity contribution in [1.82, 2.24) is 10.3 Å². The van der Waals surface area contributed by atoms with Gasteiger partial charge in [0.05, 0.1) is 5.52 Å². The van der Waals surface area contributed by atoms with Crippen LogP contribution in [0.5, 0.6) is 0 Å². The minimum absolute atomic E-state index is 0.0110. The van der Waals surface area contributed by atoms with Gasteiger partial charge < -0.3 is 10.6 Å². The highest BCUT2D eigenvalue weighted by molar-refractivity contribution is 5.94. The van der Waals surface area contributed by atoms with Gasteiger partial charge in [0.1, 0.15) is 0 Å². The van der Waals surface area contributed by atoms with E-state index in [4.69, 9.17) is 0 Å². The van der Waals surface area contributed by atoms with Gasteiger partial charge in [-0.15, -0.1) is 0 Å². The summed E-state index contributed by atoms with van der Waals surface area (Å²) in [5, 5.41) is 7.65. The number of pyridine rings is 1. The molecule has 0 radical (unpaired) electrons. The predicted molar refractivity (Wildman–Crippen MR) is 107 cm³/mol. The fraction of sp³-hybridized carbons (Fsp3) is 0.273. The minimum Gasteiger partial charge on any atom is -0.384 e. The van der Waals surface area contributed by atoms with E-state index in [9.17, 15) is 4.79 Å². The van der Waals surface area contributed by atoms with Crippen molar-refractivity contribution >= 4 is 22.5 Å². The lowest BCUT2D eigenvalue weighted by Crippen LogP contribution is -2.24. The van der Waals surface area contributed by atoms with Gasteiger partial charge in [0, 0.05) is 35.9 Å². The number of hydrogen-bond donors (Lipinski definition) is 2. The summed E-state index contributed by atoms with van der Waals surface area (Å²) in [7, 11) is 0. The van der Waals surface area contributed by atoms with Crippen molar-refractivity contribution in [3.63, 3.8) is 0 Å². The Morgan fingerprint density at radius 1 is 0.808 bits per heavy atom. The Bertz CT molecular complexity index is 828. The molecule has 3 aromatic rings. The van der Waals surface area contributed by atoms with Crippen LogP contribution in [-0.4, -0.2) is 24.0 Å². The van der Waals surface area contributed by atoms with E-state index >= 15 is 0 Å². The van der Waals surface area contributed by atoms with Crippen LogP contribution in [0.3, 0.4) is 0 Å². The first kappa shape index (κ1) is 17.9.